The van der Waals surface area contributed by atoms with E-state index in [1.165, 1.54) is 11.0 Å². The normalized spacial score (nSPS) is 15.7. The summed E-state index contributed by atoms with van der Waals surface area (Å²) < 4.78 is 41.6. The fourth-order valence-electron chi connectivity index (χ4n) is 3.61. The minimum atomic E-state index is -4.44. The van der Waals surface area contributed by atoms with Gasteiger partial charge in [0.05, 0.1) is 26.2 Å². The van der Waals surface area contributed by atoms with Gasteiger partial charge in [0, 0.05) is 17.1 Å². The van der Waals surface area contributed by atoms with E-state index in [-0.39, 0.29) is 5.91 Å². The number of aryl methyl sites for hydroxylation is 1. The van der Waals surface area contributed by atoms with Crippen LogP contribution in [-0.2, 0) is 11.0 Å². The number of anilines is 1. The van der Waals surface area contributed by atoms with Crippen molar-refractivity contribution in [3.63, 3.8) is 0 Å². The van der Waals surface area contributed by atoms with Gasteiger partial charge < -0.3 is 4.57 Å². The fourth-order valence-corrected chi connectivity index (χ4v) is 5.19. The van der Waals surface area contributed by atoms with Crippen LogP contribution in [0.3, 0.4) is 0 Å². The van der Waals surface area contributed by atoms with E-state index < -0.39 is 11.7 Å². The van der Waals surface area contributed by atoms with Crippen LogP contribution < -0.4 is 4.90 Å². The minimum Gasteiger partial charge on any atom is -0.318 e. The third-order valence-corrected chi connectivity index (χ3v) is 7.18. The summed E-state index contributed by atoms with van der Waals surface area (Å²) in [5, 5.41) is 0.667. The summed E-state index contributed by atoms with van der Waals surface area (Å²) in [5.41, 5.74) is 2.31. The SMILES string of the molecule is Cc1cc(/C=C2/SC(=S)N(c3ccc(Cl)c(Cl)c3)C2=O)c(C)n1-c1cccc(C(F)(F)F)c1. The number of hydrogen-bond donors (Lipinski definition) is 0. The van der Waals surface area contributed by atoms with Crippen molar-refractivity contribution in [1.29, 1.82) is 0 Å². The molecule has 1 aliphatic rings. The zero-order chi connectivity index (χ0) is 24.1. The van der Waals surface area contributed by atoms with Gasteiger partial charge >= 0.3 is 6.18 Å². The molecule has 3 nitrogen and oxygen atoms in total. The Morgan fingerprint density at radius 1 is 1.00 bits per heavy atom. The number of carbonyl (C=O) groups is 1. The van der Waals surface area contributed by atoms with Crippen LogP contribution in [0.15, 0.2) is 53.4 Å². The smallest absolute Gasteiger partial charge is 0.318 e. The average Bonchev–Trinajstić information content (AvgIpc) is 3.18. The largest absolute Gasteiger partial charge is 0.416 e. The lowest BCUT2D eigenvalue weighted by Crippen LogP contribution is -2.27. The Morgan fingerprint density at radius 2 is 1.73 bits per heavy atom. The van der Waals surface area contributed by atoms with Crippen LogP contribution in [0.1, 0.15) is 22.5 Å². The van der Waals surface area contributed by atoms with E-state index in [1.54, 1.807) is 48.8 Å². The second kappa shape index (κ2) is 8.83. The van der Waals surface area contributed by atoms with Crippen molar-refractivity contribution in [2.45, 2.75) is 20.0 Å². The molecule has 0 bridgehead atoms. The maximum atomic E-state index is 13.2. The Kier molecular flexibility index (Phi) is 6.39. The third kappa shape index (κ3) is 4.57. The van der Waals surface area contributed by atoms with Gasteiger partial charge in [-0.05, 0) is 68.0 Å². The maximum Gasteiger partial charge on any atom is 0.416 e. The van der Waals surface area contributed by atoms with E-state index >= 15 is 0 Å². The first kappa shape index (κ1) is 23.9. The second-order valence-corrected chi connectivity index (χ2v) is 9.82. The van der Waals surface area contributed by atoms with Crippen molar-refractivity contribution in [3.8, 4) is 5.69 Å². The van der Waals surface area contributed by atoms with Crippen molar-refractivity contribution >= 4 is 69.2 Å². The number of alkyl halides is 3. The number of carbonyl (C=O) groups excluding carboxylic acids is 1. The molecule has 0 N–H and O–H groups in total. The van der Waals surface area contributed by atoms with Gasteiger partial charge in [0.1, 0.15) is 0 Å². The summed E-state index contributed by atoms with van der Waals surface area (Å²) >= 11 is 18.6. The number of aromatic nitrogens is 1. The first-order chi connectivity index (χ1) is 15.5. The zero-order valence-corrected chi connectivity index (χ0v) is 20.3. The number of rotatable bonds is 3. The number of halogens is 5. The van der Waals surface area contributed by atoms with Crippen molar-refractivity contribution < 1.29 is 18.0 Å². The van der Waals surface area contributed by atoms with Crippen molar-refractivity contribution in [2.75, 3.05) is 4.90 Å². The Bertz CT molecular complexity index is 1330. The Labute approximate surface area is 207 Å². The van der Waals surface area contributed by atoms with Gasteiger partial charge in [0.25, 0.3) is 5.91 Å². The van der Waals surface area contributed by atoms with Gasteiger partial charge in [-0.25, -0.2) is 0 Å². The van der Waals surface area contributed by atoms with Gasteiger partial charge in [-0.3, -0.25) is 9.69 Å². The molecule has 0 saturated carbocycles. The molecule has 0 unspecified atom stereocenters. The monoisotopic (exact) mass is 526 g/mol. The first-order valence-electron chi connectivity index (χ1n) is 9.57. The third-order valence-electron chi connectivity index (χ3n) is 5.14. The highest BCUT2D eigenvalue weighted by Crippen LogP contribution is 2.39. The van der Waals surface area contributed by atoms with E-state index in [2.05, 4.69) is 0 Å². The van der Waals surface area contributed by atoms with Gasteiger partial charge in [-0.15, -0.1) is 0 Å². The summed E-state index contributed by atoms with van der Waals surface area (Å²) in [6, 6.07) is 11.8. The molecule has 2 aromatic carbocycles. The summed E-state index contributed by atoms with van der Waals surface area (Å²) in [6.07, 6.45) is -2.74. The molecule has 0 aliphatic carbocycles. The summed E-state index contributed by atoms with van der Waals surface area (Å²) in [5.74, 6) is -0.313. The van der Waals surface area contributed by atoms with Crippen LogP contribution in [0, 0.1) is 13.8 Å². The number of benzene rings is 2. The molecule has 10 heteroatoms. The number of thioether (sulfide) groups is 1. The van der Waals surface area contributed by atoms with Crippen molar-refractivity contribution in [1.82, 2.24) is 4.57 Å². The van der Waals surface area contributed by atoms with E-state index in [0.717, 1.165) is 29.6 Å². The molecule has 33 heavy (non-hydrogen) atoms. The molecular formula is C23H15Cl2F3N2OS2. The predicted octanol–water partition coefficient (Wildman–Crippen LogP) is 7.83. The van der Waals surface area contributed by atoms with E-state index in [4.69, 9.17) is 35.4 Å². The summed E-state index contributed by atoms with van der Waals surface area (Å²) in [4.78, 5) is 14.9. The van der Waals surface area contributed by atoms with Crippen molar-refractivity contribution in [3.05, 3.63) is 86.0 Å². The van der Waals surface area contributed by atoms with Crippen LogP contribution in [0.2, 0.25) is 10.0 Å². The van der Waals surface area contributed by atoms with Crippen LogP contribution >= 0.6 is 47.2 Å². The van der Waals surface area contributed by atoms with Crippen LogP contribution in [0.25, 0.3) is 11.8 Å². The van der Waals surface area contributed by atoms with E-state index in [0.29, 0.717) is 41.9 Å². The molecule has 1 amide bonds. The van der Waals surface area contributed by atoms with Gasteiger partial charge in [-0.2, -0.15) is 13.2 Å². The average molecular weight is 527 g/mol. The number of amides is 1. The molecule has 0 radical (unpaired) electrons. The van der Waals surface area contributed by atoms with Crippen LogP contribution in [-0.4, -0.2) is 14.8 Å². The Hall–Kier alpha value is -2.26. The topological polar surface area (TPSA) is 25.2 Å². The number of nitrogens with zero attached hydrogens (tertiary/aromatic N) is 2. The molecule has 1 aromatic heterocycles. The quantitative estimate of drug-likeness (QED) is 0.257. The molecule has 1 saturated heterocycles. The molecule has 2 heterocycles. The Balaban J connectivity index is 1.70. The first-order valence-corrected chi connectivity index (χ1v) is 11.5. The van der Waals surface area contributed by atoms with Crippen LogP contribution in [0.5, 0.6) is 0 Å². The summed E-state index contributed by atoms with van der Waals surface area (Å²) in [7, 11) is 0. The summed E-state index contributed by atoms with van der Waals surface area (Å²) in [6.45, 7) is 3.59. The van der Waals surface area contributed by atoms with Gasteiger partial charge in [0.2, 0.25) is 0 Å². The molecular weight excluding hydrogens is 512 g/mol. The molecule has 3 aromatic rings. The Morgan fingerprint density at radius 3 is 2.39 bits per heavy atom. The molecule has 170 valence electrons. The molecule has 1 fully saturated rings. The molecule has 0 atom stereocenters. The minimum absolute atomic E-state index is 0.303. The molecule has 1 aliphatic heterocycles. The van der Waals surface area contributed by atoms with E-state index in [1.807, 2.05) is 6.07 Å². The van der Waals surface area contributed by atoms with Crippen LogP contribution in [0.4, 0.5) is 18.9 Å². The highest BCUT2D eigenvalue weighted by Gasteiger charge is 2.34. The van der Waals surface area contributed by atoms with Crippen molar-refractivity contribution in [2.24, 2.45) is 0 Å². The van der Waals surface area contributed by atoms with E-state index in [9.17, 15) is 18.0 Å². The highest BCUT2D eigenvalue weighted by atomic mass is 35.5. The lowest BCUT2D eigenvalue weighted by Gasteiger charge is -2.15. The maximum absolute atomic E-state index is 13.2. The van der Waals surface area contributed by atoms with Gasteiger partial charge in [-0.1, -0.05) is 53.2 Å². The lowest BCUT2D eigenvalue weighted by atomic mass is 10.2. The standard InChI is InChI=1S/C23H15Cl2F3N2OS2/c1-12-8-14(13(2)29(12)16-5-3-4-15(10-16)23(26,27)28)9-20-21(31)30(22(32)33-20)17-6-7-18(24)19(25)11-17/h3-11H,1-2H3/b20-9+. The molecule has 0 spiro atoms. The van der Waals surface area contributed by atoms with Gasteiger partial charge in [0.15, 0.2) is 4.32 Å². The highest BCUT2D eigenvalue weighted by molar-refractivity contribution is 8.27. The fraction of sp³-hybridized carbons (Fsp3) is 0.130. The second-order valence-electron chi connectivity index (χ2n) is 7.33. The predicted molar refractivity (Wildman–Crippen MR) is 132 cm³/mol. The number of thiocarbonyl (C=S) groups is 1. The lowest BCUT2D eigenvalue weighted by molar-refractivity contribution is -0.137. The zero-order valence-electron chi connectivity index (χ0n) is 17.2. The number of hydrogen-bond acceptors (Lipinski definition) is 3. The molecule has 4 rings (SSSR count).